The molecule has 0 spiro atoms. The highest BCUT2D eigenvalue weighted by Gasteiger charge is 2.13. The van der Waals surface area contributed by atoms with Crippen LogP contribution in [-0.2, 0) is 12.3 Å². The quantitative estimate of drug-likeness (QED) is 0.362. The van der Waals surface area contributed by atoms with Crippen LogP contribution in [0.4, 0.5) is 0 Å². The van der Waals surface area contributed by atoms with E-state index < -0.39 is 0 Å². The summed E-state index contributed by atoms with van der Waals surface area (Å²) in [7, 11) is 0. The minimum Gasteiger partial charge on any atom is -0.301 e. The fraction of sp³-hybridized carbons (Fsp3) is 0.120. The second kappa shape index (κ2) is 9.01. The summed E-state index contributed by atoms with van der Waals surface area (Å²) in [4.78, 5) is 28.4. The molecule has 0 amide bonds. The Bertz CT molecular complexity index is 1260. The van der Waals surface area contributed by atoms with Crippen LogP contribution >= 0.6 is 11.8 Å². The molecule has 0 aliphatic carbocycles. The third-order valence-electron chi connectivity index (χ3n) is 5.03. The lowest BCUT2D eigenvalue weighted by molar-refractivity contribution is 0.671. The summed E-state index contributed by atoms with van der Waals surface area (Å²) in [6.07, 6.45) is 0. The van der Waals surface area contributed by atoms with E-state index in [1.54, 1.807) is 6.92 Å². The first kappa shape index (κ1) is 20.0. The maximum Gasteiger partial charge on any atom is 0.329 e. The zero-order chi connectivity index (χ0) is 20.9. The molecule has 1 heterocycles. The second-order valence-corrected chi connectivity index (χ2v) is 8.06. The Kier molecular flexibility index (Phi) is 6.00. The molecular weight excluding hydrogens is 392 g/mol. The van der Waals surface area contributed by atoms with Gasteiger partial charge in [0, 0.05) is 11.3 Å². The molecule has 3 aromatic carbocycles. The van der Waals surface area contributed by atoms with E-state index in [9.17, 15) is 9.59 Å². The monoisotopic (exact) mass is 414 g/mol. The standard InChI is InChI=1S/C25H22N2O2S/c1-18-23(26-25(29)27(24(18)28)16-19-10-4-2-5-11-19)30-17-21-14-8-9-15-22(21)20-12-6-3-7-13-20/h2-15H,16-17H2,1H3,(H,26,29). The van der Waals surface area contributed by atoms with Gasteiger partial charge in [-0.15, -0.1) is 11.8 Å². The molecule has 1 aromatic heterocycles. The van der Waals surface area contributed by atoms with Crippen LogP contribution in [0.15, 0.2) is 99.5 Å². The highest BCUT2D eigenvalue weighted by atomic mass is 32.2. The SMILES string of the molecule is Cc1c(SCc2ccccc2-c2ccccc2)[nH]c(=O)n(Cc2ccccc2)c1=O. The lowest BCUT2D eigenvalue weighted by atomic mass is 10.0. The Morgan fingerprint density at radius 2 is 1.47 bits per heavy atom. The van der Waals surface area contributed by atoms with E-state index in [2.05, 4.69) is 29.2 Å². The zero-order valence-corrected chi connectivity index (χ0v) is 17.5. The normalized spacial score (nSPS) is 10.8. The van der Waals surface area contributed by atoms with Gasteiger partial charge in [0.1, 0.15) is 0 Å². The second-order valence-electron chi connectivity index (χ2n) is 7.07. The van der Waals surface area contributed by atoms with Gasteiger partial charge in [-0.05, 0) is 29.2 Å². The van der Waals surface area contributed by atoms with Crippen LogP contribution in [0.1, 0.15) is 16.7 Å². The average Bonchev–Trinajstić information content (AvgIpc) is 2.80. The van der Waals surface area contributed by atoms with Gasteiger partial charge in [0.2, 0.25) is 0 Å². The van der Waals surface area contributed by atoms with E-state index >= 15 is 0 Å². The van der Waals surface area contributed by atoms with Crippen molar-refractivity contribution < 1.29 is 0 Å². The zero-order valence-electron chi connectivity index (χ0n) is 16.7. The lowest BCUT2D eigenvalue weighted by Gasteiger charge is -2.12. The predicted octanol–water partition coefficient (Wildman–Crippen LogP) is 4.85. The van der Waals surface area contributed by atoms with E-state index in [0.717, 1.165) is 22.3 Å². The smallest absolute Gasteiger partial charge is 0.301 e. The minimum absolute atomic E-state index is 0.249. The maximum atomic E-state index is 12.8. The van der Waals surface area contributed by atoms with Crippen LogP contribution in [-0.4, -0.2) is 9.55 Å². The fourth-order valence-electron chi connectivity index (χ4n) is 3.40. The minimum atomic E-state index is -0.381. The van der Waals surface area contributed by atoms with E-state index in [4.69, 9.17) is 0 Å². The third-order valence-corrected chi connectivity index (χ3v) is 6.18. The van der Waals surface area contributed by atoms with Crippen molar-refractivity contribution >= 4 is 11.8 Å². The number of aromatic amines is 1. The summed E-state index contributed by atoms with van der Waals surface area (Å²) < 4.78 is 1.26. The summed E-state index contributed by atoms with van der Waals surface area (Å²) in [5.74, 6) is 0.657. The molecule has 0 aliphatic heterocycles. The van der Waals surface area contributed by atoms with E-state index in [0.29, 0.717) is 16.3 Å². The van der Waals surface area contributed by atoms with Gasteiger partial charge < -0.3 is 4.98 Å². The number of aromatic nitrogens is 2. The number of nitrogens with zero attached hydrogens (tertiary/aromatic N) is 1. The molecule has 30 heavy (non-hydrogen) atoms. The first-order chi connectivity index (χ1) is 14.6. The van der Waals surface area contributed by atoms with Crippen molar-refractivity contribution in [3.63, 3.8) is 0 Å². The van der Waals surface area contributed by atoms with Gasteiger partial charge >= 0.3 is 5.69 Å². The fourth-order valence-corrected chi connectivity index (χ4v) is 4.41. The summed E-state index contributed by atoms with van der Waals surface area (Å²) in [6, 6.07) is 27.9. The Labute approximate surface area is 179 Å². The average molecular weight is 415 g/mol. The lowest BCUT2D eigenvalue weighted by Crippen LogP contribution is -2.37. The molecule has 4 rings (SSSR count). The van der Waals surface area contributed by atoms with Gasteiger partial charge in [0.25, 0.3) is 5.56 Å². The summed E-state index contributed by atoms with van der Waals surface area (Å²) in [5.41, 5.74) is 4.31. The number of benzene rings is 3. The first-order valence-electron chi connectivity index (χ1n) is 9.77. The number of H-pyrrole nitrogens is 1. The molecule has 4 nitrogen and oxygen atoms in total. The third kappa shape index (κ3) is 4.31. The summed E-state index contributed by atoms with van der Waals surface area (Å²) in [6.45, 7) is 2.03. The van der Waals surface area contributed by atoms with Gasteiger partial charge in [-0.25, -0.2) is 4.79 Å². The molecule has 0 saturated heterocycles. The molecule has 1 N–H and O–H groups in total. The van der Waals surface area contributed by atoms with Crippen molar-refractivity contribution in [2.24, 2.45) is 0 Å². The van der Waals surface area contributed by atoms with Crippen LogP contribution in [0.25, 0.3) is 11.1 Å². The van der Waals surface area contributed by atoms with Crippen molar-refractivity contribution in [3.05, 3.63) is 122 Å². The van der Waals surface area contributed by atoms with Crippen LogP contribution in [0.5, 0.6) is 0 Å². The highest BCUT2D eigenvalue weighted by molar-refractivity contribution is 7.98. The predicted molar refractivity (Wildman–Crippen MR) is 123 cm³/mol. The van der Waals surface area contributed by atoms with E-state index in [-0.39, 0.29) is 17.8 Å². The molecular formula is C25H22N2O2S. The molecule has 5 heteroatoms. The molecule has 0 saturated carbocycles. The van der Waals surface area contributed by atoms with Crippen molar-refractivity contribution in [3.8, 4) is 11.1 Å². The van der Waals surface area contributed by atoms with Crippen molar-refractivity contribution in [1.29, 1.82) is 0 Å². The Hall–Kier alpha value is -3.31. The maximum absolute atomic E-state index is 12.8. The molecule has 0 atom stereocenters. The number of thioether (sulfide) groups is 1. The Morgan fingerprint density at radius 3 is 2.20 bits per heavy atom. The van der Waals surface area contributed by atoms with Crippen LogP contribution in [0.2, 0.25) is 0 Å². The first-order valence-corrected chi connectivity index (χ1v) is 10.8. The van der Waals surface area contributed by atoms with Gasteiger partial charge in [-0.3, -0.25) is 9.36 Å². The van der Waals surface area contributed by atoms with Gasteiger partial charge in [0.05, 0.1) is 11.6 Å². The molecule has 0 bridgehead atoms. The molecule has 0 unspecified atom stereocenters. The number of hydrogen-bond donors (Lipinski definition) is 1. The number of nitrogens with one attached hydrogen (secondary N) is 1. The molecule has 150 valence electrons. The van der Waals surface area contributed by atoms with Crippen LogP contribution in [0.3, 0.4) is 0 Å². The number of hydrogen-bond acceptors (Lipinski definition) is 3. The van der Waals surface area contributed by atoms with Crippen molar-refractivity contribution in [2.75, 3.05) is 0 Å². The van der Waals surface area contributed by atoms with Gasteiger partial charge in [-0.2, -0.15) is 0 Å². The largest absolute Gasteiger partial charge is 0.329 e. The topological polar surface area (TPSA) is 54.9 Å². The Morgan fingerprint density at radius 1 is 0.833 bits per heavy atom. The highest BCUT2D eigenvalue weighted by Crippen LogP contribution is 2.29. The van der Waals surface area contributed by atoms with Crippen LogP contribution in [0, 0.1) is 6.92 Å². The number of rotatable bonds is 6. The van der Waals surface area contributed by atoms with E-state index in [1.165, 1.54) is 16.3 Å². The molecule has 0 fully saturated rings. The van der Waals surface area contributed by atoms with E-state index in [1.807, 2.05) is 60.7 Å². The molecule has 0 aliphatic rings. The van der Waals surface area contributed by atoms with Crippen LogP contribution < -0.4 is 11.2 Å². The van der Waals surface area contributed by atoms with Gasteiger partial charge in [0.15, 0.2) is 0 Å². The molecule has 0 radical (unpaired) electrons. The molecule has 4 aromatic rings. The summed E-state index contributed by atoms with van der Waals surface area (Å²) in [5, 5.41) is 0.622. The van der Waals surface area contributed by atoms with Crippen molar-refractivity contribution in [1.82, 2.24) is 9.55 Å². The van der Waals surface area contributed by atoms with Gasteiger partial charge in [-0.1, -0.05) is 84.9 Å². The summed E-state index contributed by atoms with van der Waals surface area (Å²) >= 11 is 1.48. The Balaban J connectivity index is 1.60. The van der Waals surface area contributed by atoms with Crippen molar-refractivity contribution in [2.45, 2.75) is 24.2 Å².